The van der Waals surface area contributed by atoms with Gasteiger partial charge in [-0.05, 0) is 113 Å². The number of fused-ring (bicyclic) bond motifs is 2. The molecule has 2 amide bonds. The van der Waals surface area contributed by atoms with E-state index in [4.69, 9.17) is 14.8 Å². The van der Waals surface area contributed by atoms with Crippen molar-refractivity contribution in [2.45, 2.75) is 84.1 Å². The highest BCUT2D eigenvalue weighted by Crippen LogP contribution is 2.40. The molecule has 0 saturated carbocycles. The van der Waals surface area contributed by atoms with Gasteiger partial charge in [-0.15, -0.1) is 9.06 Å². The van der Waals surface area contributed by atoms with Crippen LogP contribution in [0, 0.1) is 13.8 Å². The fraction of sp³-hybridized carbons (Fsp3) is 0.417. The molecule has 0 radical (unpaired) electrons. The van der Waals surface area contributed by atoms with E-state index >= 15 is 8.63 Å². The monoisotopic (exact) mass is 978 g/mol. The lowest BCUT2D eigenvalue weighted by Gasteiger charge is -2.31. The number of aromatic amines is 1. The molecule has 1 atom stereocenters. The number of allylic oxidation sites excluding steroid dienone is 2. The number of benzene rings is 1. The van der Waals surface area contributed by atoms with Crippen LogP contribution in [0.25, 0.3) is 18.2 Å². The van der Waals surface area contributed by atoms with Crippen molar-refractivity contribution in [3.05, 3.63) is 106 Å². The number of hydrogen-bond acceptors (Lipinski definition) is 11. The Labute approximate surface area is 404 Å². The number of carbonyl (C=O) groups excluding carboxylic acids is 3. The molecule has 69 heavy (non-hydrogen) atoms. The van der Waals surface area contributed by atoms with Crippen LogP contribution in [-0.4, -0.2) is 122 Å². The van der Waals surface area contributed by atoms with Gasteiger partial charge in [-0.25, -0.2) is 10.1 Å². The molecule has 0 fully saturated rings. The van der Waals surface area contributed by atoms with Gasteiger partial charge in [0.05, 0.1) is 34.3 Å². The first kappa shape index (κ1) is 52.3. The summed E-state index contributed by atoms with van der Waals surface area (Å²) in [5.74, 6) is -1.01. The number of unbranched alkanes of at least 4 members (excludes halogenated alkanes) is 2. The summed E-state index contributed by atoms with van der Waals surface area (Å²) in [7, 11) is 6.28. The topological polar surface area (TPSA) is 202 Å². The highest BCUT2D eigenvalue weighted by Gasteiger charge is 2.54. The van der Waals surface area contributed by atoms with Crippen molar-refractivity contribution in [2.24, 2.45) is 0 Å². The Morgan fingerprint density at radius 3 is 2.38 bits per heavy atom. The van der Waals surface area contributed by atoms with Gasteiger partial charge in [0.2, 0.25) is 23.6 Å². The molecule has 1 aromatic carbocycles. The Kier molecular flexibility index (Phi) is 18.1. The first-order chi connectivity index (χ1) is 32.9. The number of nitrogens with one attached hydrogen (secondary N) is 3. The van der Waals surface area contributed by atoms with Gasteiger partial charge in [0.15, 0.2) is 11.4 Å². The molecule has 3 aromatic heterocycles. The minimum Gasteiger partial charge on any atom is -0.494 e. The predicted octanol–water partition coefficient (Wildman–Crippen LogP) is 7.15. The zero-order chi connectivity index (χ0) is 49.7. The maximum atomic E-state index is 17.0. The van der Waals surface area contributed by atoms with Gasteiger partial charge >= 0.3 is 12.9 Å². The average Bonchev–Trinajstić information content (AvgIpc) is 4.07. The predicted molar refractivity (Wildman–Crippen MR) is 260 cm³/mol. The fourth-order valence-electron chi connectivity index (χ4n) is 8.25. The summed E-state index contributed by atoms with van der Waals surface area (Å²) in [5, 5.41) is 37.2. The van der Waals surface area contributed by atoms with Crippen molar-refractivity contribution in [1.82, 2.24) is 24.8 Å². The average molecular weight is 979 g/mol. The van der Waals surface area contributed by atoms with Gasteiger partial charge in [-0.1, -0.05) is 23.2 Å². The van der Waals surface area contributed by atoms with Crippen molar-refractivity contribution in [3.63, 3.8) is 0 Å². The van der Waals surface area contributed by atoms with Crippen LogP contribution in [0.2, 0.25) is 0 Å². The van der Waals surface area contributed by atoms with Crippen LogP contribution in [0.15, 0.2) is 71.9 Å². The number of rotatable bonds is 27. The molecular formula is C48H63BF2N7O10S+. The standard InChI is InChI=1S/C48H62BF2N7O10S/c1-33-30-37(55-41(33)32-42-36(12-11-29-69-68-67-64)31-43(56(42)49(55,50)51)39-23-16-34(2)53-39)20-17-35-18-21-38(22-19-35)65-28-10-14-44(59)54-40(13-7-9-27-58(3,4)5)48(63)52-26-8-6-15-47(62)66-57-45(60)24-25-46(57)61/h16-25,30-32,40,53H,6-15,26-29H2,1-5H3,(H4-,52,54,59,60,61,63,64)/p+1. The Bertz CT molecular complexity index is 2540. The van der Waals surface area contributed by atoms with Crippen molar-refractivity contribution in [2.75, 3.05) is 46.6 Å². The molecular weight excluding hydrogens is 915 g/mol. The van der Waals surface area contributed by atoms with E-state index in [1.807, 2.05) is 44.2 Å². The van der Waals surface area contributed by atoms with Crippen molar-refractivity contribution >= 4 is 60.7 Å². The number of halogens is 2. The third-order valence-electron chi connectivity index (χ3n) is 11.7. The van der Waals surface area contributed by atoms with Crippen molar-refractivity contribution < 1.29 is 66.4 Å². The molecule has 1 unspecified atom stereocenters. The van der Waals surface area contributed by atoms with Crippen LogP contribution in [0.1, 0.15) is 98.1 Å². The van der Waals surface area contributed by atoms with E-state index in [9.17, 15) is 24.6 Å². The summed E-state index contributed by atoms with van der Waals surface area (Å²) in [4.78, 5) is 46.6. The number of aromatic hydroxyl groups is 2. The smallest absolute Gasteiger partial charge is 0.494 e. The Hall–Kier alpha value is -6.13. The second-order valence-corrected chi connectivity index (χ2v) is 19.0. The molecule has 0 aliphatic carbocycles. The zero-order valence-corrected chi connectivity index (χ0v) is 40.5. The molecule has 0 bridgehead atoms. The Morgan fingerprint density at radius 2 is 1.68 bits per heavy atom. The SMILES string of the molecule is Cc1ccc(C2=[N+]3C(=Cc4c(C)cc(C=Cc5ccc(OCCCC(=O)NC(CCCC[N+](C)(C)C)C(=O)NCCCCC(=O)On6c(O)ccc6O)cc5)n4[B-]3(F)F)C(CCCSOOO)=C2)[nH]1. The lowest BCUT2D eigenvalue weighted by molar-refractivity contribution is -0.870. The summed E-state index contributed by atoms with van der Waals surface area (Å²) in [5.41, 5.74) is 5.33. The number of quaternary nitrogens is 1. The number of hydrogen-bond donors (Lipinski definition) is 6. The van der Waals surface area contributed by atoms with Gasteiger partial charge in [-0.3, -0.25) is 9.59 Å². The van der Waals surface area contributed by atoms with Gasteiger partial charge in [0.1, 0.15) is 17.5 Å². The molecule has 2 aliphatic heterocycles. The quantitative estimate of drug-likeness (QED) is 0.00886. The van der Waals surface area contributed by atoms with E-state index in [2.05, 4.69) is 46.1 Å². The van der Waals surface area contributed by atoms with Gasteiger partial charge in [0, 0.05) is 84.1 Å². The first-order valence-corrected chi connectivity index (χ1v) is 24.0. The first-order valence-electron chi connectivity index (χ1n) is 23.1. The molecule has 2 aliphatic rings. The molecule has 0 spiro atoms. The molecule has 372 valence electrons. The molecule has 17 nitrogen and oxygen atoms in total. The van der Waals surface area contributed by atoms with Gasteiger partial charge < -0.3 is 57.5 Å². The van der Waals surface area contributed by atoms with Crippen LogP contribution >= 0.6 is 12.0 Å². The van der Waals surface area contributed by atoms with E-state index in [1.54, 1.807) is 36.4 Å². The number of amides is 2. The normalized spacial score (nSPS) is 14.6. The Morgan fingerprint density at radius 1 is 0.928 bits per heavy atom. The largest absolute Gasteiger partial charge is 0.737 e. The Balaban J connectivity index is 1.00. The van der Waals surface area contributed by atoms with Crippen LogP contribution in [0.4, 0.5) is 8.63 Å². The number of nitrogens with zero attached hydrogens (tertiary/aromatic N) is 4. The molecule has 21 heteroatoms. The van der Waals surface area contributed by atoms with Crippen LogP contribution in [-0.2, 0) is 23.8 Å². The van der Waals surface area contributed by atoms with Crippen LogP contribution < -0.4 is 20.2 Å². The van der Waals surface area contributed by atoms with Crippen LogP contribution in [0.5, 0.6) is 17.5 Å². The lowest BCUT2D eigenvalue weighted by Crippen LogP contribution is -2.51. The number of carbonyl (C=O) groups is 3. The highest BCUT2D eigenvalue weighted by molar-refractivity contribution is 7.94. The maximum Gasteiger partial charge on any atom is 0.737 e. The summed E-state index contributed by atoms with van der Waals surface area (Å²) in [6.07, 6.45) is 11.7. The van der Waals surface area contributed by atoms with E-state index in [0.29, 0.717) is 88.8 Å². The highest BCUT2D eigenvalue weighted by atomic mass is 32.2. The summed E-state index contributed by atoms with van der Waals surface area (Å²) in [6.45, 7) is 0.812. The van der Waals surface area contributed by atoms with Gasteiger partial charge in [-0.2, -0.15) is 0 Å². The van der Waals surface area contributed by atoms with E-state index < -0.39 is 30.7 Å². The molecule has 6 N–H and O–H groups in total. The second kappa shape index (κ2) is 23.9. The number of aromatic nitrogens is 3. The van der Waals surface area contributed by atoms with Gasteiger partial charge in [0.25, 0.3) is 0 Å². The molecule has 4 aromatic rings. The van der Waals surface area contributed by atoms with E-state index in [0.717, 1.165) is 61.7 Å². The summed E-state index contributed by atoms with van der Waals surface area (Å²) in [6, 6.07) is 14.3. The fourth-order valence-corrected chi connectivity index (χ4v) is 8.62. The minimum atomic E-state index is -4.32. The summed E-state index contributed by atoms with van der Waals surface area (Å²) < 4.78 is 48.1. The third kappa shape index (κ3) is 14.2. The van der Waals surface area contributed by atoms with Crippen LogP contribution in [0.3, 0.4) is 0 Å². The maximum absolute atomic E-state index is 17.0. The molecule has 6 rings (SSSR count). The van der Waals surface area contributed by atoms with Crippen molar-refractivity contribution in [3.8, 4) is 17.5 Å². The van der Waals surface area contributed by atoms with E-state index in [1.165, 1.54) is 12.1 Å². The number of H-pyrrole nitrogens is 1. The second-order valence-electron chi connectivity index (χ2n) is 18.2. The minimum absolute atomic E-state index is 0.00146. The van der Waals surface area contributed by atoms with E-state index in [-0.39, 0.29) is 37.8 Å². The number of aryl methyl sites for hydroxylation is 2. The third-order valence-corrected chi connectivity index (χ3v) is 12.3. The summed E-state index contributed by atoms with van der Waals surface area (Å²) >= 11 is 0.931. The van der Waals surface area contributed by atoms with Crippen molar-refractivity contribution in [1.29, 1.82) is 0 Å². The number of ether oxygens (including phenoxy) is 1. The zero-order valence-electron chi connectivity index (χ0n) is 39.7. The lowest BCUT2D eigenvalue weighted by atomic mass is 9.88. The molecule has 5 heterocycles. The molecule has 0 saturated heterocycles.